The summed E-state index contributed by atoms with van der Waals surface area (Å²) in [6.45, 7) is 7.33. The number of nitrogens with two attached hydrogens (primary N) is 1. The van der Waals surface area contributed by atoms with Gasteiger partial charge in [-0.25, -0.2) is 0 Å². The lowest BCUT2D eigenvalue weighted by Gasteiger charge is -2.49. The molecule has 3 saturated carbocycles. The molecule has 1 saturated heterocycles. The van der Waals surface area contributed by atoms with Crippen LogP contribution in [0.1, 0.15) is 96.3 Å². The minimum atomic E-state index is -3.97. The maximum Gasteiger partial charge on any atom is 0.325 e. The third-order valence-electron chi connectivity index (χ3n) is 10.6. The van der Waals surface area contributed by atoms with Crippen LogP contribution in [0, 0.1) is 11.8 Å². The van der Waals surface area contributed by atoms with Crippen LogP contribution in [-0.4, -0.2) is 99.7 Å². The van der Waals surface area contributed by atoms with E-state index in [1.54, 1.807) is 0 Å². The Morgan fingerprint density at radius 3 is 2.32 bits per heavy atom. The third kappa shape index (κ3) is 10.2. The summed E-state index contributed by atoms with van der Waals surface area (Å²) >= 11 is 0. The molecule has 44 heavy (non-hydrogen) atoms. The van der Waals surface area contributed by atoms with Crippen molar-refractivity contribution in [1.82, 2.24) is 30.5 Å². The number of anilines is 3. The normalized spacial score (nSPS) is 25.1. The molecule has 4 fully saturated rings. The predicted molar refractivity (Wildman–Crippen MR) is 177 cm³/mol. The lowest BCUT2D eigenvalue weighted by Crippen LogP contribution is -2.61. The highest BCUT2D eigenvalue weighted by Gasteiger charge is 2.44. The van der Waals surface area contributed by atoms with E-state index >= 15 is 0 Å². The van der Waals surface area contributed by atoms with Gasteiger partial charge in [0, 0.05) is 37.8 Å². The monoisotopic (exact) mass is 635 g/mol. The molecule has 2 heterocycles. The molecule has 5 rings (SSSR count). The van der Waals surface area contributed by atoms with E-state index in [9.17, 15) is 14.4 Å². The molecular formula is C31H58N9O3P. The molecule has 13 heteroatoms. The fraction of sp³-hybridized carbons (Fsp3) is 0.903. The summed E-state index contributed by atoms with van der Waals surface area (Å²) in [6, 6.07) is 0.759. The van der Waals surface area contributed by atoms with Crippen molar-refractivity contribution in [2.75, 3.05) is 74.5 Å². The Morgan fingerprint density at radius 1 is 0.864 bits per heavy atom. The number of rotatable bonds is 15. The number of aromatic nitrogens is 3. The van der Waals surface area contributed by atoms with Crippen molar-refractivity contribution in [3.63, 3.8) is 0 Å². The van der Waals surface area contributed by atoms with Crippen molar-refractivity contribution in [2.45, 2.75) is 108 Å². The minimum absolute atomic E-state index is 0.00145. The van der Waals surface area contributed by atoms with E-state index in [2.05, 4.69) is 35.7 Å². The van der Waals surface area contributed by atoms with Crippen LogP contribution in [0.3, 0.4) is 0 Å². The van der Waals surface area contributed by atoms with Crippen molar-refractivity contribution >= 4 is 25.4 Å². The fourth-order valence-corrected chi connectivity index (χ4v) is 8.67. The maximum atomic E-state index is 11.4. The highest BCUT2D eigenvalue weighted by atomic mass is 31.2. The number of nitrogens with zero attached hydrogens (tertiary/aromatic N) is 5. The second kappa shape index (κ2) is 16.3. The van der Waals surface area contributed by atoms with Crippen LogP contribution >= 0.6 is 7.60 Å². The van der Waals surface area contributed by atoms with E-state index in [-0.39, 0.29) is 17.6 Å². The lowest BCUT2D eigenvalue weighted by atomic mass is 9.82. The summed E-state index contributed by atoms with van der Waals surface area (Å²) in [5, 5.41) is 10.9. The van der Waals surface area contributed by atoms with Crippen LogP contribution in [0.15, 0.2) is 0 Å². The van der Waals surface area contributed by atoms with E-state index in [1.807, 2.05) is 0 Å². The van der Waals surface area contributed by atoms with Gasteiger partial charge in [-0.1, -0.05) is 32.1 Å². The van der Waals surface area contributed by atoms with Gasteiger partial charge in [-0.05, 0) is 102 Å². The van der Waals surface area contributed by atoms with Gasteiger partial charge in [0.25, 0.3) is 0 Å². The maximum absolute atomic E-state index is 11.4. The first-order valence-electron chi connectivity index (χ1n) is 17.5. The number of piperazine rings is 1. The van der Waals surface area contributed by atoms with Gasteiger partial charge in [-0.15, -0.1) is 0 Å². The van der Waals surface area contributed by atoms with Crippen LogP contribution in [0.25, 0.3) is 0 Å². The third-order valence-corrected chi connectivity index (χ3v) is 11.5. The van der Waals surface area contributed by atoms with Crippen LogP contribution in [-0.2, 0) is 4.57 Å². The molecule has 1 aliphatic heterocycles. The topological polar surface area (TPSA) is 165 Å². The molecule has 1 aromatic heterocycles. The summed E-state index contributed by atoms with van der Waals surface area (Å²) < 4.78 is 11.4. The first-order valence-corrected chi connectivity index (χ1v) is 19.3. The zero-order chi connectivity index (χ0) is 30.8. The highest BCUT2D eigenvalue weighted by molar-refractivity contribution is 7.51. The molecule has 0 bridgehead atoms. The summed E-state index contributed by atoms with van der Waals surface area (Å²) in [5.74, 6) is 2.82. The van der Waals surface area contributed by atoms with Gasteiger partial charge >= 0.3 is 7.60 Å². The van der Waals surface area contributed by atoms with Crippen molar-refractivity contribution in [1.29, 1.82) is 0 Å². The van der Waals surface area contributed by atoms with Crippen LogP contribution in [0.5, 0.6) is 0 Å². The molecule has 0 aromatic carbocycles. The molecule has 0 unspecified atom stereocenters. The number of nitrogen functional groups attached to an aromatic ring is 1. The number of hydrogen-bond acceptors (Lipinski definition) is 10. The van der Waals surface area contributed by atoms with Gasteiger partial charge < -0.3 is 36.4 Å². The quantitative estimate of drug-likeness (QED) is 0.123. The Bertz CT molecular complexity index is 1060. The predicted octanol–water partition coefficient (Wildman–Crippen LogP) is 3.58. The summed E-state index contributed by atoms with van der Waals surface area (Å²) in [4.78, 5) is 37.0. The van der Waals surface area contributed by atoms with E-state index in [0.29, 0.717) is 30.8 Å². The molecule has 0 atom stereocenters. The SMILES string of the molecule is Nc1nc(NCC2CCC(CNCCCNC3CCCCC3)CC2)nc(N2CCN(CCCP(=O)(O)O)C3(CCCC3)C2)n1. The largest absolute Gasteiger partial charge is 0.368 e. The van der Waals surface area contributed by atoms with Gasteiger partial charge in [0.15, 0.2) is 0 Å². The molecule has 0 amide bonds. The van der Waals surface area contributed by atoms with Crippen molar-refractivity contribution in [3.8, 4) is 0 Å². The minimum Gasteiger partial charge on any atom is -0.368 e. The Hall–Kier alpha value is -1.56. The Morgan fingerprint density at radius 2 is 1.59 bits per heavy atom. The average Bonchev–Trinajstić information content (AvgIpc) is 3.47. The summed E-state index contributed by atoms with van der Waals surface area (Å²) in [6.07, 6.45) is 18.1. The van der Waals surface area contributed by atoms with Gasteiger partial charge in [0.1, 0.15) is 0 Å². The van der Waals surface area contributed by atoms with E-state index in [1.165, 1.54) is 77.0 Å². The molecular weight excluding hydrogens is 577 g/mol. The summed E-state index contributed by atoms with van der Waals surface area (Å²) in [5.41, 5.74) is 6.16. The second-order valence-corrected chi connectivity index (χ2v) is 15.8. The zero-order valence-electron chi connectivity index (χ0n) is 26.8. The first kappa shape index (κ1) is 33.8. The molecule has 7 N–H and O–H groups in total. The highest BCUT2D eigenvalue weighted by Crippen LogP contribution is 2.40. The molecule has 1 spiro atoms. The zero-order valence-corrected chi connectivity index (χ0v) is 27.7. The fourth-order valence-electron chi connectivity index (χ4n) is 8.12. The van der Waals surface area contributed by atoms with E-state index in [4.69, 9.17) is 10.7 Å². The average molecular weight is 636 g/mol. The molecule has 0 radical (unpaired) electrons. The van der Waals surface area contributed by atoms with E-state index < -0.39 is 7.60 Å². The molecule has 1 aromatic rings. The number of hydrogen-bond donors (Lipinski definition) is 6. The van der Waals surface area contributed by atoms with Gasteiger partial charge in [-0.3, -0.25) is 9.46 Å². The molecule has 250 valence electrons. The van der Waals surface area contributed by atoms with Crippen LogP contribution in [0.4, 0.5) is 17.8 Å². The second-order valence-electron chi connectivity index (χ2n) is 14.0. The van der Waals surface area contributed by atoms with Crippen molar-refractivity contribution in [3.05, 3.63) is 0 Å². The summed E-state index contributed by atoms with van der Waals surface area (Å²) in [7, 11) is -3.97. The Kier molecular flexibility index (Phi) is 12.5. The number of nitrogens with one attached hydrogen (secondary N) is 3. The lowest BCUT2D eigenvalue weighted by molar-refractivity contribution is 0.0772. The first-order chi connectivity index (χ1) is 21.3. The van der Waals surface area contributed by atoms with Crippen LogP contribution < -0.4 is 26.6 Å². The molecule has 12 nitrogen and oxygen atoms in total. The van der Waals surface area contributed by atoms with Crippen LogP contribution in [0.2, 0.25) is 0 Å². The van der Waals surface area contributed by atoms with Gasteiger partial charge in [0.2, 0.25) is 17.8 Å². The smallest absolute Gasteiger partial charge is 0.325 e. The molecule has 4 aliphatic rings. The van der Waals surface area contributed by atoms with E-state index in [0.717, 1.165) is 70.6 Å². The molecule has 3 aliphatic carbocycles. The Labute approximate surface area is 264 Å². The van der Waals surface area contributed by atoms with Gasteiger partial charge in [-0.2, -0.15) is 15.0 Å². The van der Waals surface area contributed by atoms with Crippen molar-refractivity contribution < 1.29 is 14.4 Å². The Balaban J connectivity index is 1.02. The van der Waals surface area contributed by atoms with Gasteiger partial charge in [0.05, 0.1) is 6.16 Å². The standard InChI is InChI=1S/C31H58N9O3P/c32-28-36-29(35-23-26-12-10-25(11-13-26)22-33-16-6-17-34-27-8-2-1-3-9-27)38-30(37-28)39-19-20-40(18-7-21-44(41,42)43)31(24-39)14-4-5-15-31/h25-27,33-34H,1-24H2,(H2,41,42,43)(H3,32,35,36,37,38). The van der Waals surface area contributed by atoms with Crippen molar-refractivity contribution in [2.24, 2.45) is 11.8 Å².